The van der Waals surface area contributed by atoms with Crippen molar-refractivity contribution in [2.75, 3.05) is 18.2 Å². The Kier molecular flexibility index (Phi) is 5.90. The maximum Gasteiger partial charge on any atom is 0.277 e. The van der Waals surface area contributed by atoms with Gasteiger partial charge in [-0.2, -0.15) is 0 Å². The number of aryl methyl sites for hydroxylation is 1. The molecule has 10 heteroatoms. The van der Waals surface area contributed by atoms with Gasteiger partial charge in [0.15, 0.2) is 0 Å². The van der Waals surface area contributed by atoms with Gasteiger partial charge in [0, 0.05) is 12.1 Å². The number of methoxy groups -OCH3 is 1. The summed E-state index contributed by atoms with van der Waals surface area (Å²) in [7, 11) is 1.55. The topological polar surface area (TPSA) is 120 Å². The molecule has 0 fully saturated rings. The average molecular weight is 400 g/mol. The number of carbonyl (C=O) groups is 1. The Labute approximate surface area is 164 Å². The number of benzene rings is 2. The van der Waals surface area contributed by atoms with Gasteiger partial charge in [0.25, 0.3) is 16.8 Å². The molecule has 9 nitrogen and oxygen atoms in total. The number of nitrogens with one attached hydrogen (secondary N) is 1. The number of para-hydroxylation sites is 1. The van der Waals surface area contributed by atoms with E-state index in [4.69, 9.17) is 9.15 Å². The summed E-state index contributed by atoms with van der Waals surface area (Å²) >= 11 is 1.07. The molecule has 0 radical (unpaired) electrons. The van der Waals surface area contributed by atoms with Crippen LogP contribution in [-0.4, -0.2) is 33.9 Å². The van der Waals surface area contributed by atoms with Crippen molar-refractivity contribution >= 4 is 29.0 Å². The lowest BCUT2D eigenvalue weighted by Gasteiger charge is -2.07. The molecule has 0 unspecified atom stereocenters. The Balaban J connectivity index is 1.64. The first-order valence-electron chi connectivity index (χ1n) is 8.12. The summed E-state index contributed by atoms with van der Waals surface area (Å²) < 4.78 is 10.8. The van der Waals surface area contributed by atoms with E-state index in [2.05, 4.69) is 15.5 Å². The Morgan fingerprint density at radius 2 is 2.07 bits per heavy atom. The van der Waals surface area contributed by atoms with Crippen LogP contribution in [0.5, 0.6) is 5.75 Å². The molecule has 0 aliphatic rings. The summed E-state index contributed by atoms with van der Waals surface area (Å²) in [5, 5.41) is 21.7. The van der Waals surface area contributed by atoms with Gasteiger partial charge in [-0.1, -0.05) is 30.0 Å². The van der Waals surface area contributed by atoms with Crippen molar-refractivity contribution in [1.29, 1.82) is 0 Å². The van der Waals surface area contributed by atoms with Crippen molar-refractivity contribution in [1.82, 2.24) is 10.2 Å². The Bertz CT molecular complexity index is 1020. The fourth-order valence-corrected chi connectivity index (χ4v) is 2.93. The fourth-order valence-electron chi connectivity index (χ4n) is 2.37. The molecule has 0 bridgehead atoms. The van der Waals surface area contributed by atoms with Gasteiger partial charge >= 0.3 is 0 Å². The van der Waals surface area contributed by atoms with E-state index in [1.165, 1.54) is 12.1 Å². The van der Waals surface area contributed by atoms with Crippen LogP contribution in [-0.2, 0) is 4.79 Å². The SMILES string of the molecule is COc1ccccc1-c1nnc(SCC(=O)Nc2cc([N+](=O)[O-])ccc2C)o1. The van der Waals surface area contributed by atoms with Crippen LogP contribution in [0.3, 0.4) is 0 Å². The smallest absolute Gasteiger partial charge is 0.277 e. The van der Waals surface area contributed by atoms with Gasteiger partial charge in [-0.05, 0) is 24.6 Å². The lowest BCUT2D eigenvalue weighted by molar-refractivity contribution is -0.384. The summed E-state index contributed by atoms with van der Waals surface area (Å²) in [5.41, 5.74) is 1.67. The fraction of sp³-hybridized carbons (Fsp3) is 0.167. The predicted octanol–water partition coefficient (Wildman–Crippen LogP) is 3.69. The molecule has 144 valence electrons. The molecule has 3 aromatic rings. The van der Waals surface area contributed by atoms with Crippen LogP contribution in [0, 0.1) is 17.0 Å². The van der Waals surface area contributed by atoms with E-state index in [0.717, 1.165) is 17.3 Å². The highest BCUT2D eigenvalue weighted by Crippen LogP contribution is 2.30. The number of hydrogen-bond donors (Lipinski definition) is 1. The standard InChI is InChI=1S/C18H16N4O5S/c1-11-7-8-12(22(24)25)9-14(11)19-16(23)10-28-18-21-20-17(27-18)13-5-3-4-6-15(13)26-2/h3-9H,10H2,1-2H3,(H,19,23). The summed E-state index contributed by atoms with van der Waals surface area (Å²) in [5.74, 6) is 0.553. The van der Waals surface area contributed by atoms with Crippen molar-refractivity contribution in [2.45, 2.75) is 12.1 Å². The third-order valence-corrected chi connectivity index (χ3v) is 4.60. The second-order valence-electron chi connectivity index (χ2n) is 5.67. The molecule has 0 aliphatic carbocycles. The van der Waals surface area contributed by atoms with Gasteiger partial charge in [0.05, 0.1) is 29.0 Å². The van der Waals surface area contributed by atoms with E-state index in [9.17, 15) is 14.9 Å². The van der Waals surface area contributed by atoms with Gasteiger partial charge in [0.1, 0.15) is 5.75 Å². The molecule has 1 aromatic heterocycles. The molecule has 0 spiro atoms. The second kappa shape index (κ2) is 8.53. The van der Waals surface area contributed by atoms with E-state index in [0.29, 0.717) is 17.0 Å². The summed E-state index contributed by atoms with van der Waals surface area (Å²) in [6.45, 7) is 1.75. The maximum absolute atomic E-state index is 12.2. The summed E-state index contributed by atoms with van der Waals surface area (Å²) in [4.78, 5) is 22.6. The van der Waals surface area contributed by atoms with Gasteiger partial charge in [-0.3, -0.25) is 14.9 Å². The quantitative estimate of drug-likeness (QED) is 0.362. The van der Waals surface area contributed by atoms with Crippen LogP contribution >= 0.6 is 11.8 Å². The highest BCUT2D eigenvalue weighted by atomic mass is 32.2. The first-order valence-corrected chi connectivity index (χ1v) is 9.11. The molecule has 0 saturated heterocycles. The van der Waals surface area contributed by atoms with Crippen LogP contribution in [0.15, 0.2) is 52.1 Å². The van der Waals surface area contributed by atoms with Crippen molar-refractivity contribution < 1.29 is 18.9 Å². The maximum atomic E-state index is 12.2. The van der Waals surface area contributed by atoms with Crippen LogP contribution in [0.25, 0.3) is 11.5 Å². The minimum Gasteiger partial charge on any atom is -0.496 e. The molecule has 2 aromatic carbocycles. The number of ether oxygens (including phenoxy) is 1. The molecule has 0 aliphatic heterocycles. The van der Waals surface area contributed by atoms with Crippen LogP contribution in [0.1, 0.15) is 5.56 Å². The van der Waals surface area contributed by atoms with Crippen molar-refractivity contribution in [2.24, 2.45) is 0 Å². The highest BCUT2D eigenvalue weighted by molar-refractivity contribution is 7.99. The molecule has 28 heavy (non-hydrogen) atoms. The van der Waals surface area contributed by atoms with Crippen LogP contribution < -0.4 is 10.1 Å². The number of nitrogens with zero attached hydrogens (tertiary/aromatic N) is 3. The van der Waals surface area contributed by atoms with Crippen LogP contribution in [0.4, 0.5) is 11.4 Å². The molecule has 1 amide bonds. The Morgan fingerprint density at radius 1 is 1.29 bits per heavy atom. The normalized spacial score (nSPS) is 10.5. The first kappa shape index (κ1) is 19.4. The Morgan fingerprint density at radius 3 is 2.82 bits per heavy atom. The van der Waals surface area contributed by atoms with E-state index in [1.54, 1.807) is 32.2 Å². The zero-order valence-electron chi connectivity index (χ0n) is 15.0. The number of carbonyl (C=O) groups excluding carboxylic acids is 1. The molecular weight excluding hydrogens is 384 g/mol. The average Bonchev–Trinajstić information content (AvgIpc) is 3.16. The van der Waals surface area contributed by atoms with E-state index >= 15 is 0 Å². The molecule has 1 N–H and O–H groups in total. The molecule has 3 rings (SSSR count). The molecule has 1 heterocycles. The first-order chi connectivity index (χ1) is 13.5. The number of rotatable bonds is 7. The number of amides is 1. The number of aromatic nitrogens is 2. The van der Waals surface area contributed by atoms with Crippen molar-refractivity contribution in [3.8, 4) is 17.2 Å². The van der Waals surface area contributed by atoms with Gasteiger partial charge in [-0.25, -0.2) is 0 Å². The second-order valence-corrected chi connectivity index (χ2v) is 6.59. The van der Waals surface area contributed by atoms with Gasteiger partial charge in [-0.15, -0.1) is 10.2 Å². The van der Waals surface area contributed by atoms with Crippen molar-refractivity contribution in [3.63, 3.8) is 0 Å². The zero-order valence-corrected chi connectivity index (χ0v) is 15.9. The van der Waals surface area contributed by atoms with E-state index in [-0.39, 0.29) is 28.5 Å². The summed E-state index contributed by atoms with van der Waals surface area (Å²) in [6.07, 6.45) is 0. The van der Waals surface area contributed by atoms with Crippen molar-refractivity contribution in [3.05, 3.63) is 58.1 Å². The monoisotopic (exact) mass is 400 g/mol. The lowest BCUT2D eigenvalue weighted by Crippen LogP contribution is -2.15. The third kappa shape index (κ3) is 4.46. The van der Waals surface area contributed by atoms with Gasteiger partial charge in [0.2, 0.25) is 5.91 Å². The number of non-ortho nitro benzene ring substituents is 1. The number of nitro benzene ring substituents is 1. The van der Waals surface area contributed by atoms with Gasteiger partial charge < -0.3 is 14.5 Å². The molecular formula is C18H16N4O5S. The largest absolute Gasteiger partial charge is 0.496 e. The number of anilines is 1. The minimum absolute atomic E-state index is 0.00961. The lowest BCUT2D eigenvalue weighted by atomic mass is 10.2. The Hall–Kier alpha value is -3.40. The number of hydrogen-bond acceptors (Lipinski definition) is 8. The van der Waals surface area contributed by atoms with E-state index in [1.807, 2.05) is 12.1 Å². The zero-order chi connectivity index (χ0) is 20.1. The predicted molar refractivity (Wildman–Crippen MR) is 103 cm³/mol. The van der Waals surface area contributed by atoms with Crippen LogP contribution in [0.2, 0.25) is 0 Å². The number of nitro groups is 1. The molecule has 0 atom stereocenters. The summed E-state index contributed by atoms with van der Waals surface area (Å²) in [6, 6.07) is 11.5. The third-order valence-electron chi connectivity index (χ3n) is 3.78. The minimum atomic E-state index is -0.512. The molecule has 0 saturated carbocycles. The van der Waals surface area contributed by atoms with E-state index < -0.39 is 4.92 Å². The number of thioether (sulfide) groups is 1. The highest BCUT2D eigenvalue weighted by Gasteiger charge is 2.15.